The van der Waals surface area contributed by atoms with Crippen LogP contribution in [0.5, 0.6) is 0 Å². The number of nitrogen functional groups attached to an aromatic ring is 1. The minimum Gasteiger partial charge on any atom is -0.778 e. The topological polar surface area (TPSA) is 138 Å². The van der Waals surface area contributed by atoms with E-state index in [4.69, 9.17) is 30.9 Å². The Morgan fingerprint density at radius 2 is 1.97 bits per heavy atom. The number of ether oxygens (including phenoxy) is 3. The fraction of sp³-hybridized carbons (Fsp3) is 0.700. The second kappa shape index (κ2) is 9.41. The molecule has 1 fully saturated rings. The zero-order valence-corrected chi connectivity index (χ0v) is 19.6. The summed E-state index contributed by atoms with van der Waals surface area (Å²) < 4.78 is 37.2. The normalized spacial score (nSPS) is 26.4. The molecule has 0 aromatic carbocycles. The van der Waals surface area contributed by atoms with Crippen LogP contribution in [-0.4, -0.2) is 51.8 Å². The molecule has 31 heavy (non-hydrogen) atoms. The fourth-order valence-corrected chi connectivity index (χ4v) is 3.68. The van der Waals surface area contributed by atoms with Crippen LogP contribution in [-0.2, 0) is 23.3 Å². The molecule has 0 spiro atoms. The number of nitrogens with zero attached hydrogens (tertiary/aromatic N) is 2. The van der Waals surface area contributed by atoms with E-state index in [1.165, 1.54) is 33.0 Å². The molecule has 2 rings (SSSR count). The van der Waals surface area contributed by atoms with Gasteiger partial charge in [0.25, 0.3) is 0 Å². The van der Waals surface area contributed by atoms with Crippen molar-refractivity contribution in [3.63, 3.8) is 0 Å². The molecule has 10 nitrogen and oxygen atoms in total. The Morgan fingerprint density at radius 1 is 1.32 bits per heavy atom. The molecule has 0 bridgehead atoms. The van der Waals surface area contributed by atoms with Crippen molar-refractivity contribution in [3.05, 3.63) is 22.7 Å². The molecular weight excluding hydrogens is 425 g/mol. The van der Waals surface area contributed by atoms with Gasteiger partial charge in [-0.05, 0) is 26.8 Å². The maximum Gasteiger partial charge on any atom is 0.351 e. The van der Waals surface area contributed by atoms with E-state index >= 15 is 0 Å². The van der Waals surface area contributed by atoms with Gasteiger partial charge in [0.15, 0.2) is 6.23 Å². The van der Waals surface area contributed by atoms with Crippen LogP contribution in [0.1, 0.15) is 47.8 Å². The highest BCUT2D eigenvalue weighted by Gasteiger charge is 2.50. The molecular formula is C20H31N3O7P-. The van der Waals surface area contributed by atoms with E-state index in [0.29, 0.717) is 0 Å². The summed E-state index contributed by atoms with van der Waals surface area (Å²) >= 11 is 0. The van der Waals surface area contributed by atoms with E-state index in [-0.39, 0.29) is 19.0 Å². The summed E-state index contributed by atoms with van der Waals surface area (Å²) in [6.07, 6.45) is 2.70. The van der Waals surface area contributed by atoms with Crippen molar-refractivity contribution in [3.8, 4) is 12.3 Å². The Kier molecular flexibility index (Phi) is 7.75. The lowest BCUT2D eigenvalue weighted by molar-refractivity contribution is -0.213. The summed E-state index contributed by atoms with van der Waals surface area (Å²) in [5, 5.41) is -1.17. The lowest BCUT2D eigenvalue weighted by Gasteiger charge is -2.39. The van der Waals surface area contributed by atoms with Crippen molar-refractivity contribution < 1.29 is 28.2 Å². The first kappa shape index (κ1) is 25.5. The number of anilines is 1. The van der Waals surface area contributed by atoms with Crippen LogP contribution in [0.15, 0.2) is 17.1 Å². The van der Waals surface area contributed by atoms with Crippen LogP contribution in [0.25, 0.3) is 0 Å². The van der Waals surface area contributed by atoms with Gasteiger partial charge >= 0.3 is 5.69 Å². The molecule has 1 aliphatic rings. The van der Waals surface area contributed by atoms with Crippen molar-refractivity contribution in [1.82, 2.24) is 9.55 Å². The second-order valence-corrected chi connectivity index (χ2v) is 11.8. The highest BCUT2D eigenvalue weighted by molar-refractivity contribution is 7.53. The van der Waals surface area contributed by atoms with E-state index in [0.717, 1.165) is 4.57 Å². The minimum atomic E-state index is -4.37. The number of hydrogen-bond acceptors (Lipinski definition) is 9. The lowest BCUT2D eigenvalue weighted by atomic mass is 10.1. The van der Waals surface area contributed by atoms with Gasteiger partial charge in [0.2, 0.25) is 0 Å². The third-order valence-corrected chi connectivity index (χ3v) is 6.70. The van der Waals surface area contributed by atoms with Gasteiger partial charge in [-0.3, -0.25) is 4.57 Å². The lowest BCUT2D eigenvalue weighted by Crippen LogP contribution is -2.42. The van der Waals surface area contributed by atoms with Crippen LogP contribution in [0.2, 0.25) is 0 Å². The summed E-state index contributed by atoms with van der Waals surface area (Å²) in [4.78, 5) is 29.0. The van der Waals surface area contributed by atoms with Crippen molar-refractivity contribution in [2.24, 2.45) is 0 Å². The highest BCUT2D eigenvalue weighted by atomic mass is 31.2. The quantitative estimate of drug-likeness (QED) is 0.475. The van der Waals surface area contributed by atoms with Crippen molar-refractivity contribution in [2.75, 3.05) is 18.9 Å². The monoisotopic (exact) mass is 456 g/mol. The summed E-state index contributed by atoms with van der Waals surface area (Å²) in [5.74, 6) is 2.38. The van der Waals surface area contributed by atoms with Crippen molar-refractivity contribution in [1.29, 1.82) is 0 Å². The first-order valence-electron chi connectivity index (χ1n) is 9.85. The van der Waals surface area contributed by atoms with Crippen LogP contribution in [0.3, 0.4) is 0 Å². The average Bonchev–Trinajstić information content (AvgIpc) is 2.93. The van der Waals surface area contributed by atoms with Gasteiger partial charge in [-0.25, -0.2) is 4.79 Å². The third kappa shape index (κ3) is 6.39. The first-order chi connectivity index (χ1) is 14.2. The molecule has 0 saturated carbocycles. The molecule has 1 aromatic heterocycles. The number of hydrogen-bond donors (Lipinski definition) is 1. The largest absolute Gasteiger partial charge is 0.778 e. The van der Waals surface area contributed by atoms with E-state index in [9.17, 15) is 14.3 Å². The molecule has 1 aromatic rings. The van der Waals surface area contributed by atoms with Gasteiger partial charge in [-0.15, -0.1) is 6.42 Å². The molecule has 0 radical (unpaired) electrons. The van der Waals surface area contributed by atoms with Crippen LogP contribution >= 0.6 is 7.60 Å². The molecule has 0 amide bonds. The first-order valence-corrected chi connectivity index (χ1v) is 11.4. The maximum absolute atomic E-state index is 12.8. The highest BCUT2D eigenvalue weighted by Crippen LogP contribution is 2.54. The number of nitrogens with two attached hydrogens (primary N) is 1. The Bertz CT molecular complexity index is 913. The predicted octanol–water partition coefficient (Wildman–Crippen LogP) is 1.29. The van der Waals surface area contributed by atoms with Gasteiger partial charge in [0, 0.05) is 11.4 Å². The molecule has 1 aliphatic heterocycles. The summed E-state index contributed by atoms with van der Waals surface area (Å²) in [6.45, 7) is 9.99. The fourth-order valence-electron chi connectivity index (χ4n) is 2.79. The van der Waals surface area contributed by atoms with E-state index in [2.05, 4.69) is 10.9 Å². The van der Waals surface area contributed by atoms with Crippen molar-refractivity contribution >= 4 is 13.4 Å². The zero-order chi connectivity index (χ0) is 23.6. The molecule has 2 N–H and O–H groups in total. The van der Waals surface area contributed by atoms with E-state index < -0.39 is 48.6 Å². The van der Waals surface area contributed by atoms with E-state index in [1.54, 1.807) is 0 Å². The van der Waals surface area contributed by atoms with Gasteiger partial charge in [-0.2, -0.15) is 4.98 Å². The van der Waals surface area contributed by atoms with Crippen molar-refractivity contribution in [2.45, 2.75) is 76.8 Å². The molecule has 1 saturated heterocycles. The smallest absolute Gasteiger partial charge is 0.351 e. The SMILES string of the molecule is C#CCOC1[C@@H](OP(=O)([O-])C(C)(C)C)[C@@H](COC(C)(C)C)O[C@H]1n1ccc(N)nc1=O. The Balaban J connectivity index is 2.48. The Hall–Kier alpha value is -1.73. The minimum absolute atomic E-state index is 0.00186. The Morgan fingerprint density at radius 3 is 2.48 bits per heavy atom. The predicted molar refractivity (Wildman–Crippen MR) is 113 cm³/mol. The third-order valence-electron chi connectivity index (χ3n) is 4.53. The summed E-state index contributed by atoms with van der Waals surface area (Å²) in [5.41, 5.74) is 4.37. The summed E-state index contributed by atoms with van der Waals surface area (Å²) in [6, 6.07) is 1.42. The summed E-state index contributed by atoms with van der Waals surface area (Å²) in [7, 11) is -4.37. The number of terminal acetylenes is 1. The maximum atomic E-state index is 12.8. The standard InChI is InChI=1S/C20H32N3O7P/c1-8-11-27-16-15(30-31(25,26)20(5,6)7)13(12-28-19(2,3)4)29-17(16)23-10-9-14(21)22-18(23)24/h1,9-10,13,15-17H,11-12H2,2-7H3,(H,25,26)(H2,21,22,24)/p-1/t13-,15+,16?,17-/m1/s1. The van der Waals surface area contributed by atoms with Crippen LogP contribution < -0.4 is 16.3 Å². The number of aromatic nitrogens is 2. The van der Waals surface area contributed by atoms with Gasteiger partial charge < -0.3 is 33.9 Å². The Labute approximate surface area is 182 Å². The molecule has 174 valence electrons. The molecule has 2 unspecified atom stereocenters. The number of rotatable bonds is 7. The molecule has 0 aliphatic carbocycles. The molecule has 5 atom stereocenters. The molecule has 11 heteroatoms. The zero-order valence-electron chi connectivity index (χ0n) is 18.7. The van der Waals surface area contributed by atoms with Gasteiger partial charge in [0.05, 0.1) is 12.2 Å². The van der Waals surface area contributed by atoms with Crippen LogP contribution in [0.4, 0.5) is 5.82 Å². The molecule has 2 heterocycles. The average molecular weight is 456 g/mol. The van der Waals surface area contributed by atoms with Crippen LogP contribution in [0, 0.1) is 12.3 Å². The van der Waals surface area contributed by atoms with E-state index in [1.807, 2.05) is 20.8 Å². The van der Waals surface area contributed by atoms with Gasteiger partial charge in [0.1, 0.15) is 38.3 Å². The second-order valence-electron chi connectivity index (χ2n) is 9.25. The van der Waals surface area contributed by atoms with Gasteiger partial charge in [-0.1, -0.05) is 26.7 Å².